The predicted octanol–water partition coefficient (Wildman–Crippen LogP) is 3.38. The predicted molar refractivity (Wildman–Crippen MR) is 82.6 cm³/mol. The maximum atomic E-state index is 13.9. The molecule has 0 spiro atoms. The highest BCUT2D eigenvalue weighted by molar-refractivity contribution is 5.95. The van der Waals surface area contributed by atoms with Gasteiger partial charge in [-0.3, -0.25) is 4.79 Å². The fourth-order valence-electron chi connectivity index (χ4n) is 2.98. The first kappa shape index (κ1) is 14.8. The fourth-order valence-corrected chi connectivity index (χ4v) is 2.98. The van der Waals surface area contributed by atoms with Crippen LogP contribution in [0.2, 0.25) is 0 Å². The monoisotopic (exact) mass is 301 g/mol. The van der Waals surface area contributed by atoms with Crippen LogP contribution in [0.3, 0.4) is 0 Å². The van der Waals surface area contributed by atoms with Gasteiger partial charge < -0.3 is 5.32 Å². The first-order valence-corrected chi connectivity index (χ1v) is 7.68. The lowest BCUT2D eigenvalue weighted by molar-refractivity contribution is 0.0819. The molecule has 1 saturated carbocycles. The number of halogens is 1. The third-order valence-corrected chi connectivity index (χ3v) is 4.70. The second kappa shape index (κ2) is 5.55. The summed E-state index contributed by atoms with van der Waals surface area (Å²) in [6, 6.07) is 6.42. The molecule has 0 atom stereocenters. The molecule has 1 N–H and O–H groups in total. The standard InChI is InChI=1S/C17H20FN3O/c1-3-17(9-6-10-17)20-16(22)13-11-19-21(12(13)2)15-8-5-4-7-14(15)18/h4-5,7-8,11H,3,6,9-10H2,1-2H3,(H,20,22). The van der Waals surface area contributed by atoms with Gasteiger partial charge in [-0.05, 0) is 44.7 Å². The molecule has 1 aliphatic rings. The molecule has 0 saturated heterocycles. The number of rotatable bonds is 4. The zero-order valence-electron chi connectivity index (χ0n) is 12.9. The number of carbonyl (C=O) groups excluding carboxylic acids is 1. The second-order valence-corrected chi connectivity index (χ2v) is 5.95. The Morgan fingerprint density at radius 3 is 2.73 bits per heavy atom. The Balaban J connectivity index is 1.87. The van der Waals surface area contributed by atoms with Gasteiger partial charge >= 0.3 is 0 Å². The third kappa shape index (κ3) is 2.40. The van der Waals surface area contributed by atoms with Gasteiger partial charge in [0, 0.05) is 5.54 Å². The van der Waals surface area contributed by atoms with Crippen LogP contribution >= 0.6 is 0 Å². The average Bonchev–Trinajstić information content (AvgIpc) is 2.85. The lowest BCUT2D eigenvalue weighted by Crippen LogP contribution is -2.53. The molecule has 0 aliphatic heterocycles. The molecule has 0 radical (unpaired) electrons. The molecule has 1 fully saturated rings. The molecule has 0 bridgehead atoms. The van der Waals surface area contributed by atoms with Gasteiger partial charge in [-0.25, -0.2) is 9.07 Å². The number of amides is 1. The van der Waals surface area contributed by atoms with Crippen LogP contribution < -0.4 is 5.32 Å². The highest BCUT2D eigenvalue weighted by Crippen LogP contribution is 2.35. The molecule has 2 aromatic rings. The van der Waals surface area contributed by atoms with E-state index in [2.05, 4.69) is 17.3 Å². The largest absolute Gasteiger partial charge is 0.347 e. The van der Waals surface area contributed by atoms with E-state index in [1.54, 1.807) is 25.1 Å². The lowest BCUT2D eigenvalue weighted by Gasteiger charge is -2.42. The molecular formula is C17H20FN3O. The maximum Gasteiger partial charge on any atom is 0.255 e. The molecule has 22 heavy (non-hydrogen) atoms. The normalized spacial score (nSPS) is 16.1. The third-order valence-electron chi connectivity index (χ3n) is 4.70. The Hall–Kier alpha value is -2.17. The van der Waals surface area contributed by atoms with Crippen molar-refractivity contribution >= 4 is 5.91 Å². The summed E-state index contributed by atoms with van der Waals surface area (Å²) in [5, 5.41) is 7.31. The van der Waals surface area contributed by atoms with E-state index >= 15 is 0 Å². The summed E-state index contributed by atoms with van der Waals surface area (Å²) < 4.78 is 15.4. The highest BCUT2D eigenvalue weighted by atomic mass is 19.1. The summed E-state index contributed by atoms with van der Waals surface area (Å²) in [5.41, 5.74) is 1.44. The van der Waals surface area contributed by atoms with Gasteiger partial charge in [-0.1, -0.05) is 19.1 Å². The quantitative estimate of drug-likeness (QED) is 0.941. The van der Waals surface area contributed by atoms with Crippen molar-refractivity contribution in [1.82, 2.24) is 15.1 Å². The highest BCUT2D eigenvalue weighted by Gasteiger charge is 2.37. The summed E-state index contributed by atoms with van der Waals surface area (Å²) in [4.78, 5) is 12.5. The molecule has 3 rings (SSSR count). The van der Waals surface area contributed by atoms with Gasteiger partial charge in [0.25, 0.3) is 5.91 Å². The summed E-state index contributed by atoms with van der Waals surface area (Å²) in [7, 11) is 0. The van der Waals surface area contributed by atoms with E-state index in [1.807, 2.05) is 0 Å². The number of hydrogen-bond donors (Lipinski definition) is 1. The van der Waals surface area contributed by atoms with E-state index in [0.29, 0.717) is 16.9 Å². The number of para-hydroxylation sites is 1. The van der Waals surface area contributed by atoms with Crippen LogP contribution in [0.15, 0.2) is 30.5 Å². The number of hydrogen-bond acceptors (Lipinski definition) is 2. The van der Waals surface area contributed by atoms with E-state index in [-0.39, 0.29) is 17.3 Å². The topological polar surface area (TPSA) is 46.9 Å². The van der Waals surface area contributed by atoms with Crippen molar-refractivity contribution < 1.29 is 9.18 Å². The van der Waals surface area contributed by atoms with E-state index in [1.165, 1.54) is 16.9 Å². The number of aromatic nitrogens is 2. The van der Waals surface area contributed by atoms with Crippen molar-refractivity contribution in [3.05, 3.63) is 47.5 Å². The van der Waals surface area contributed by atoms with Gasteiger partial charge in [0.2, 0.25) is 0 Å². The molecule has 0 unspecified atom stereocenters. The van der Waals surface area contributed by atoms with Crippen LogP contribution in [0.1, 0.15) is 48.7 Å². The Kier molecular flexibility index (Phi) is 3.72. The van der Waals surface area contributed by atoms with Gasteiger partial charge in [-0.2, -0.15) is 5.10 Å². The van der Waals surface area contributed by atoms with Gasteiger partial charge in [0.15, 0.2) is 0 Å². The van der Waals surface area contributed by atoms with Crippen LogP contribution in [0, 0.1) is 12.7 Å². The van der Waals surface area contributed by atoms with Crippen molar-refractivity contribution in [2.24, 2.45) is 0 Å². The van der Waals surface area contributed by atoms with Crippen LogP contribution in [-0.4, -0.2) is 21.2 Å². The van der Waals surface area contributed by atoms with E-state index in [0.717, 1.165) is 25.7 Å². The first-order valence-electron chi connectivity index (χ1n) is 7.68. The van der Waals surface area contributed by atoms with Crippen LogP contribution in [0.25, 0.3) is 5.69 Å². The first-order chi connectivity index (χ1) is 10.6. The van der Waals surface area contributed by atoms with Crippen LogP contribution in [0.4, 0.5) is 4.39 Å². The van der Waals surface area contributed by atoms with E-state index in [9.17, 15) is 9.18 Å². The van der Waals surface area contributed by atoms with Crippen molar-refractivity contribution in [1.29, 1.82) is 0 Å². The number of nitrogens with zero attached hydrogens (tertiary/aromatic N) is 2. The van der Waals surface area contributed by atoms with Crippen molar-refractivity contribution in [2.75, 3.05) is 0 Å². The number of benzene rings is 1. The summed E-state index contributed by atoms with van der Waals surface area (Å²) in [6.45, 7) is 3.88. The second-order valence-electron chi connectivity index (χ2n) is 5.95. The molecule has 1 aliphatic carbocycles. The van der Waals surface area contributed by atoms with Gasteiger partial charge in [0.1, 0.15) is 11.5 Å². The summed E-state index contributed by atoms with van der Waals surface area (Å²) in [5.74, 6) is -0.480. The molecule has 1 aromatic carbocycles. The average molecular weight is 301 g/mol. The SMILES string of the molecule is CCC1(NC(=O)c2cnn(-c3ccccc3F)c2C)CCC1. The van der Waals surface area contributed by atoms with Crippen molar-refractivity contribution in [3.8, 4) is 5.69 Å². The molecule has 116 valence electrons. The Labute approximate surface area is 129 Å². The molecular weight excluding hydrogens is 281 g/mol. The summed E-state index contributed by atoms with van der Waals surface area (Å²) in [6.07, 6.45) is 5.64. The van der Waals surface area contributed by atoms with Crippen molar-refractivity contribution in [3.63, 3.8) is 0 Å². The minimum atomic E-state index is -0.357. The zero-order chi connectivity index (χ0) is 15.7. The molecule has 1 amide bonds. The van der Waals surface area contributed by atoms with Crippen LogP contribution in [-0.2, 0) is 0 Å². The van der Waals surface area contributed by atoms with Gasteiger partial charge in [0.05, 0.1) is 17.5 Å². The molecule has 1 heterocycles. The van der Waals surface area contributed by atoms with Crippen LogP contribution in [0.5, 0.6) is 0 Å². The van der Waals surface area contributed by atoms with Gasteiger partial charge in [-0.15, -0.1) is 0 Å². The molecule has 1 aromatic heterocycles. The molecule has 5 heteroatoms. The van der Waals surface area contributed by atoms with Crippen molar-refractivity contribution in [2.45, 2.75) is 45.1 Å². The molecule has 4 nitrogen and oxygen atoms in total. The lowest BCUT2D eigenvalue weighted by atomic mass is 9.74. The zero-order valence-corrected chi connectivity index (χ0v) is 12.9. The summed E-state index contributed by atoms with van der Waals surface area (Å²) >= 11 is 0. The smallest absolute Gasteiger partial charge is 0.255 e. The Morgan fingerprint density at radius 2 is 2.14 bits per heavy atom. The number of nitrogens with one attached hydrogen (secondary N) is 1. The minimum absolute atomic E-state index is 0.0659. The fraction of sp³-hybridized carbons (Fsp3) is 0.412. The Bertz CT molecular complexity index is 698. The maximum absolute atomic E-state index is 13.9. The van der Waals surface area contributed by atoms with E-state index in [4.69, 9.17) is 0 Å². The minimum Gasteiger partial charge on any atom is -0.347 e. The Morgan fingerprint density at radius 1 is 1.41 bits per heavy atom. The number of carbonyl (C=O) groups is 1. The van der Waals surface area contributed by atoms with E-state index < -0.39 is 0 Å².